The van der Waals surface area contributed by atoms with E-state index in [1.54, 1.807) is 15.2 Å². The topological polar surface area (TPSA) is 67.2 Å². The molecule has 0 bridgehead atoms. The number of hydrogen-bond donors (Lipinski definition) is 1. The first-order valence-corrected chi connectivity index (χ1v) is 9.28. The van der Waals surface area contributed by atoms with Gasteiger partial charge >= 0.3 is 0 Å². The van der Waals surface area contributed by atoms with E-state index in [1.807, 2.05) is 13.8 Å². The van der Waals surface area contributed by atoms with Gasteiger partial charge in [-0.15, -0.1) is 0 Å². The molecule has 0 aromatic carbocycles. The number of nitrogens with zero attached hydrogens (tertiary/aromatic N) is 3. The summed E-state index contributed by atoms with van der Waals surface area (Å²) in [7, 11) is -3.40. The average Bonchev–Trinajstić information content (AvgIpc) is 3.14. The van der Waals surface area contributed by atoms with Gasteiger partial charge in [-0.2, -0.15) is 9.40 Å². The summed E-state index contributed by atoms with van der Waals surface area (Å²) in [6.07, 6.45) is 7.24. The molecule has 1 aromatic rings. The highest BCUT2D eigenvalue weighted by Gasteiger charge is 2.24. The molecule has 1 aliphatic rings. The number of sulfonamides is 1. The second-order valence-corrected chi connectivity index (χ2v) is 7.51. The van der Waals surface area contributed by atoms with Crippen molar-refractivity contribution in [2.75, 3.05) is 19.6 Å². The molecule has 1 heterocycles. The fraction of sp³-hybridized carbons (Fsp3) is 0.786. The summed E-state index contributed by atoms with van der Waals surface area (Å²) in [5.41, 5.74) is 0. The summed E-state index contributed by atoms with van der Waals surface area (Å²) in [4.78, 5) is 0.302. The molecule has 0 aliphatic heterocycles. The first-order valence-electron chi connectivity index (χ1n) is 7.84. The molecule has 1 saturated carbocycles. The van der Waals surface area contributed by atoms with Gasteiger partial charge in [0.05, 0.1) is 12.7 Å². The molecule has 0 spiro atoms. The Morgan fingerprint density at radius 1 is 1.33 bits per heavy atom. The molecule has 21 heavy (non-hydrogen) atoms. The van der Waals surface area contributed by atoms with Crippen LogP contribution in [0.4, 0.5) is 0 Å². The molecule has 0 atom stereocenters. The highest BCUT2D eigenvalue weighted by molar-refractivity contribution is 7.89. The van der Waals surface area contributed by atoms with Crippen molar-refractivity contribution in [2.24, 2.45) is 0 Å². The van der Waals surface area contributed by atoms with Crippen molar-refractivity contribution in [1.82, 2.24) is 19.4 Å². The van der Waals surface area contributed by atoms with Crippen LogP contribution >= 0.6 is 0 Å². The maximum Gasteiger partial charge on any atom is 0.246 e. The molecule has 1 aromatic heterocycles. The Kier molecular flexibility index (Phi) is 5.78. The Labute approximate surface area is 127 Å². The summed E-state index contributed by atoms with van der Waals surface area (Å²) in [5.74, 6) is 0. The van der Waals surface area contributed by atoms with Crippen molar-refractivity contribution in [3.63, 3.8) is 0 Å². The monoisotopic (exact) mass is 314 g/mol. The zero-order valence-electron chi connectivity index (χ0n) is 13.0. The maximum atomic E-state index is 12.6. The quantitative estimate of drug-likeness (QED) is 0.710. The van der Waals surface area contributed by atoms with E-state index < -0.39 is 10.0 Å². The first-order chi connectivity index (χ1) is 10.1. The highest BCUT2D eigenvalue weighted by atomic mass is 32.2. The first kappa shape index (κ1) is 16.5. The Balaban J connectivity index is 1.99. The highest BCUT2D eigenvalue weighted by Crippen LogP contribution is 2.18. The molecule has 1 aliphatic carbocycles. The lowest BCUT2D eigenvalue weighted by atomic mass is 10.4. The molecule has 120 valence electrons. The van der Waals surface area contributed by atoms with Crippen LogP contribution in [0.1, 0.15) is 39.5 Å². The number of hydrogen-bond acceptors (Lipinski definition) is 4. The van der Waals surface area contributed by atoms with Gasteiger partial charge < -0.3 is 5.32 Å². The van der Waals surface area contributed by atoms with Gasteiger partial charge in [-0.25, -0.2) is 8.42 Å². The van der Waals surface area contributed by atoms with E-state index in [2.05, 4.69) is 10.4 Å². The number of rotatable bonds is 10. The summed E-state index contributed by atoms with van der Waals surface area (Å²) in [6.45, 7) is 6.64. The van der Waals surface area contributed by atoms with Crippen molar-refractivity contribution < 1.29 is 8.42 Å². The molecular formula is C14H26N4O2S. The van der Waals surface area contributed by atoms with E-state index >= 15 is 0 Å². The Hall–Kier alpha value is -0.920. The minimum Gasteiger partial charge on any atom is -0.312 e. The van der Waals surface area contributed by atoms with Gasteiger partial charge in [-0.1, -0.05) is 13.8 Å². The van der Waals surface area contributed by atoms with Crippen LogP contribution in [-0.2, 0) is 16.6 Å². The molecule has 0 radical (unpaired) electrons. The smallest absolute Gasteiger partial charge is 0.246 e. The molecule has 0 amide bonds. The van der Waals surface area contributed by atoms with E-state index in [9.17, 15) is 8.42 Å². The largest absolute Gasteiger partial charge is 0.312 e. The molecule has 2 rings (SSSR count). The van der Waals surface area contributed by atoms with Crippen LogP contribution in [0.15, 0.2) is 17.3 Å². The molecule has 0 saturated heterocycles. The lowest BCUT2D eigenvalue weighted by molar-refractivity contribution is 0.410. The zero-order valence-corrected chi connectivity index (χ0v) is 13.8. The summed E-state index contributed by atoms with van der Waals surface area (Å²) in [6, 6.07) is 0.661. The van der Waals surface area contributed by atoms with Crippen LogP contribution < -0.4 is 5.32 Å². The van der Waals surface area contributed by atoms with E-state index in [4.69, 9.17) is 0 Å². The van der Waals surface area contributed by atoms with Crippen LogP contribution in [0.25, 0.3) is 0 Å². The Morgan fingerprint density at radius 2 is 2.00 bits per heavy atom. The van der Waals surface area contributed by atoms with Gasteiger partial charge in [0.15, 0.2) is 0 Å². The minimum atomic E-state index is -3.40. The fourth-order valence-electron chi connectivity index (χ4n) is 2.27. The minimum absolute atomic E-state index is 0.302. The van der Waals surface area contributed by atoms with E-state index in [1.165, 1.54) is 19.0 Å². The molecule has 7 heteroatoms. The third-order valence-corrected chi connectivity index (χ3v) is 5.40. The molecular weight excluding hydrogens is 288 g/mol. The van der Waals surface area contributed by atoms with Crippen molar-refractivity contribution in [2.45, 2.75) is 57.0 Å². The second-order valence-electron chi connectivity index (χ2n) is 5.57. The predicted octanol–water partition coefficient (Wildman–Crippen LogP) is 1.45. The standard InChI is InChI=1S/C14H26N4O2S/c1-3-8-18(9-4-2)21(19,20)14-11-16-17(12-14)10-7-15-13-5-6-13/h11-13,15H,3-10H2,1-2H3. The molecule has 0 unspecified atom stereocenters. The van der Waals surface area contributed by atoms with E-state index in [0.29, 0.717) is 30.6 Å². The zero-order chi connectivity index (χ0) is 15.3. The average molecular weight is 314 g/mol. The van der Waals surface area contributed by atoms with Gasteiger partial charge in [0.25, 0.3) is 0 Å². The van der Waals surface area contributed by atoms with E-state index in [-0.39, 0.29) is 0 Å². The van der Waals surface area contributed by atoms with Crippen LogP contribution in [0.2, 0.25) is 0 Å². The summed E-state index contributed by atoms with van der Waals surface area (Å²) < 4.78 is 28.4. The van der Waals surface area contributed by atoms with Crippen molar-refractivity contribution >= 4 is 10.0 Å². The van der Waals surface area contributed by atoms with Crippen LogP contribution in [-0.4, -0.2) is 48.2 Å². The molecule has 1 fully saturated rings. The maximum absolute atomic E-state index is 12.6. The SMILES string of the molecule is CCCN(CCC)S(=O)(=O)c1cnn(CCNC2CC2)c1. The van der Waals surface area contributed by atoms with E-state index in [0.717, 1.165) is 19.4 Å². The lowest BCUT2D eigenvalue weighted by Gasteiger charge is -2.19. The fourth-order valence-corrected chi connectivity index (χ4v) is 3.85. The van der Waals surface area contributed by atoms with Crippen molar-refractivity contribution in [3.8, 4) is 0 Å². The summed E-state index contributed by atoms with van der Waals surface area (Å²) in [5, 5.41) is 7.57. The second kappa shape index (κ2) is 7.38. The normalized spacial score (nSPS) is 15.8. The van der Waals surface area contributed by atoms with Gasteiger partial charge in [0.2, 0.25) is 10.0 Å². The van der Waals surface area contributed by atoms with Crippen LogP contribution in [0, 0.1) is 0 Å². The lowest BCUT2D eigenvalue weighted by Crippen LogP contribution is -2.32. The number of nitrogens with one attached hydrogen (secondary N) is 1. The van der Waals surface area contributed by atoms with Crippen molar-refractivity contribution in [3.05, 3.63) is 12.4 Å². The van der Waals surface area contributed by atoms with Crippen LogP contribution in [0.5, 0.6) is 0 Å². The molecule has 6 nitrogen and oxygen atoms in total. The van der Waals surface area contributed by atoms with Crippen LogP contribution in [0.3, 0.4) is 0 Å². The summed E-state index contributed by atoms with van der Waals surface area (Å²) >= 11 is 0. The predicted molar refractivity (Wildman–Crippen MR) is 82.6 cm³/mol. The molecule has 1 N–H and O–H groups in total. The van der Waals surface area contributed by atoms with Crippen molar-refractivity contribution in [1.29, 1.82) is 0 Å². The Bertz CT molecular complexity index is 531. The number of aromatic nitrogens is 2. The third-order valence-electron chi connectivity index (χ3n) is 3.54. The van der Waals surface area contributed by atoms with Gasteiger partial charge in [0, 0.05) is 31.9 Å². The van der Waals surface area contributed by atoms with Gasteiger partial charge in [-0.05, 0) is 25.7 Å². The Morgan fingerprint density at radius 3 is 2.57 bits per heavy atom. The third kappa shape index (κ3) is 4.52. The van der Waals surface area contributed by atoms with Gasteiger partial charge in [0.1, 0.15) is 4.90 Å². The van der Waals surface area contributed by atoms with Gasteiger partial charge in [-0.3, -0.25) is 4.68 Å².